The van der Waals surface area contributed by atoms with Crippen molar-refractivity contribution in [3.05, 3.63) is 78.4 Å². The fourth-order valence-electron chi connectivity index (χ4n) is 2.83. The van der Waals surface area contributed by atoms with E-state index in [4.69, 9.17) is 0 Å². The number of benzene rings is 3. The molecule has 0 aliphatic carbocycles. The third-order valence-corrected chi connectivity index (χ3v) is 5.64. The molecule has 2 atom stereocenters. The van der Waals surface area contributed by atoms with Crippen molar-refractivity contribution in [2.75, 3.05) is 5.75 Å². The zero-order chi connectivity index (χ0) is 19.2. The van der Waals surface area contributed by atoms with Crippen molar-refractivity contribution in [2.24, 2.45) is 0 Å². The zero-order valence-corrected chi connectivity index (χ0v) is 15.3. The maximum Gasteiger partial charge on any atom is 0.326 e. The van der Waals surface area contributed by atoms with Crippen LogP contribution in [0.2, 0.25) is 0 Å². The first-order chi connectivity index (χ1) is 13.1. The van der Waals surface area contributed by atoms with Crippen LogP contribution >= 0.6 is 0 Å². The minimum absolute atomic E-state index is 0.0767. The molecule has 0 aliphatic rings. The van der Waals surface area contributed by atoms with Crippen molar-refractivity contribution in [3.63, 3.8) is 0 Å². The van der Waals surface area contributed by atoms with Gasteiger partial charge in [-0.15, -0.1) is 0 Å². The number of carboxylic acids is 1. The SMILES string of the molecule is O=C(N[C@H](CC[S@@](=O)c1ccccc1)C(=O)O)c1cccc2ccccc12. The molecule has 0 radical (unpaired) electrons. The van der Waals surface area contributed by atoms with Gasteiger partial charge in [0.1, 0.15) is 6.04 Å². The van der Waals surface area contributed by atoms with Crippen LogP contribution in [-0.4, -0.2) is 33.0 Å². The van der Waals surface area contributed by atoms with E-state index < -0.39 is 28.7 Å². The van der Waals surface area contributed by atoms with Crippen molar-refractivity contribution < 1.29 is 18.9 Å². The summed E-state index contributed by atoms with van der Waals surface area (Å²) in [6.45, 7) is 0. The maximum atomic E-state index is 12.6. The van der Waals surface area contributed by atoms with Crippen molar-refractivity contribution in [1.29, 1.82) is 0 Å². The van der Waals surface area contributed by atoms with Gasteiger partial charge in [-0.25, -0.2) is 4.79 Å². The predicted octanol–water partition coefficient (Wildman–Crippen LogP) is 3.22. The second-order valence-electron chi connectivity index (χ2n) is 6.04. The highest BCUT2D eigenvalue weighted by atomic mass is 32.2. The van der Waals surface area contributed by atoms with E-state index in [1.54, 1.807) is 36.4 Å². The summed E-state index contributed by atoms with van der Waals surface area (Å²) >= 11 is 0. The third-order valence-electron chi connectivity index (χ3n) is 4.24. The Labute approximate surface area is 159 Å². The first-order valence-corrected chi connectivity index (χ1v) is 9.83. The molecule has 0 aliphatic heterocycles. The fraction of sp³-hybridized carbons (Fsp3) is 0.143. The molecule has 0 aromatic heterocycles. The topological polar surface area (TPSA) is 83.5 Å². The first-order valence-electron chi connectivity index (χ1n) is 8.51. The lowest BCUT2D eigenvalue weighted by atomic mass is 10.0. The Morgan fingerprint density at radius 3 is 2.33 bits per heavy atom. The number of carbonyl (C=O) groups excluding carboxylic acids is 1. The summed E-state index contributed by atoms with van der Waals surface area (Å²) in [6.07, 6.45) is 0.0767. The van der Waals surface area contributed by atoms with E-state index in [9.17, 15) is 18.9 Å². The second-order valence-corrected chi connectivity index (χ2v) is 7.61. The summed E-state index contributed by atoms with van der Waals surface area (Å²) in [5.74, 6) is -1.45. The molecule has 0 unspecified atom stereocenters. The molecule has 5 nitrogen and oxygen atoms in total. The Balaban J connectivity index is 1.71. The number of carbonyl (C=O) groups is 2. The molecule has 6 heteroatoms. The van der Waals surface area contributed by atoms with Crippen LogP contribution in [0.15, 0.2) is 77.7 Å². The number of amides is 1. The molecule has 1 amide bonds. The molecule has 138 valence electrons. The number of hydrogen-bond acceptors (Lipinski definition) is 3. The van der Waals surface area contributed by atoms with Gasteiger partial charge in [-0.2, -0.15) is 0 Å². The number of fused-ring (bicyclic) bond motifs is 1. The minimum atomic E-state index is -1.32. The van der Waals surface area contributed by atoms with Crippen LogP contribution in [0.3, 0.4) is 0 Å². The van der Waals surface area contributed by atoms with Crippen LogP contribution in [0.5, 0.6) is 0 Å². The van der Waals surface area contributed by atoms with Gasteiger partial charge in [0.05, 0.1) is 10.8 Å². The van der Waals surface area contributed by atoms with Gasteiger partial charge in [0, 0.05) is 16.2 Å². The van der Waals surface area contributed by atoms with Crippen LogP contribution in [0.25, 0.3) is 10.8 Å². The average molecular weight is 381 g/mol. The Hall–Kier alpha value is -2.99. The number of aliphatic carboxylic acids is 1. The van der Waals surface area contributed by atoms with Crippen molar-refractivity contribution in [2.45, 2.75) is 17.4 Å². The van der Waals surface area contributed by atoms with E-state index in [-0.39, 0.29) is 12.2 Å². The normalized spacial score (nSPS) is 13.0. The lowest BCUT2D eigenvalue weighted by Crippen LogP contribution is -2.41. The average Bonchev–Trinajstić information content (AvgIpc) is 2.70. The van der Waals surface area contributed by atoms with Gasteiger partial charge < -0.3 is 10.4 Å². The number of rotatable bonds is 7. The molecule has 3 aromatic carbocycles. The number of hydrogen-bond donors (Lipinski definition) is 2. The Morgan fingerprint density at radius 1 is 0.926 bits per heavy atom. The molecule has 0 heterocycles. The third kappa shape index (κ3) is 4.60. The van der Waals surface area contributed by atoms with Gasteiger partial charge in [0.2, 0.25) is 0 Å². The Morgan fingerprint density at radius 2 is 1.59 bits per heavy atom. The number of nitrogens with one attached hydrogen (secondary N) is 1. The summed E-state index contributed by atoms with van der Waals surface area (Å²) in [4.78, 5) is 24.8. The first kappa shape index (κ1) is 18.8. The second kappa shape index (κ2) is 8.60. The highest BCUT2D eigenvalue weighted by molar-refractivity contribution is 7.85. The minimum Gasteiger partial charge on any atom is -0.480 e. The van der Waals surface area contributed by atoms with Crippen LogP contribution in [0, 0.1) is 0 Å². The van der Waals surface area contributed by atoms with Crippen molar-refractivity contribution >= 4 is 33.4 Å². The molecule has 2 N–H and O–H groups in total. The Kier molecular flexibility index (Phi) is 5.98. The van der Waals surface area contributed by atoms with E-state index in [1.165, 1.54) is 0 Å². The van der Waals surface area contributed by atoms with Crippen LogP contribution < -0.4 is 5.32 Å². The molecular weight excluding hydrogens is 362 g/mol. The van der Waals surface area contributed by atoms with E-state index >= 15 is 0 Å². The van der Waals surface area contributed by atoms with Crippen molar-refractivity contribution in [1.82, 2.24) is 5.32 Å². The van der Waals surface area contributed by atoms with Crippen molar-refractivity contribution in [3.8, 4) is 0 Å². The molecule has 27 heavy (non-hydrogen) atoms. The van der Waals surface area contributed by atoms with E-state index in [0.717, 1.165) is 10.8 Å². The highest BCUT2D eigenvalue weighted by Crippen LogP contribution is 2.18. The predicted molar refractivity (Wildman–Crippen MR) is 105 cm³/mol. The Bertz CT molecular complexity index is 982. The summed E-state index contributed by atoms with van der Waals surface area (Å²) < 4.78 is 12.3. The fourth-order valence-corrected chi connectivity index (χ4v) is 3.98. The molecule has 3 aromatic rings. The highest BCUT2D eigenvalue weighted by Gasteiger charge is 2.22. The van der Waals surface area contributed by atoms with E-state index in [2.05, 4.69) is 5.32 Å². The molecule has 0 spiro atoms. The molecule has 0 saturated carbocycles. The van der Waals surface area contributed by atoms with Gasteiger partial charge in [-0.05, 0) is 35.4 Å². The molecule has 0 saturated heterocycles. The van der Waals surface area contributed by atoms with Crippen LogP contribution in [0.4, 0.5) is 0 Å². The summed E-state index contributed by atoms with van der Waals surface area (Å²) in [5, 5.41) is 13.7. The smallest absolute Gasteiger partial charge is 0.326 e. The molecule has 3 rings (SSSR count). The summed E-state index contributed by atoms with van der Waals surface area (Å²) in [6, 6.07) is 20.5. The zero-order valence-electron chi connectivity index (χ0n) is 14.5. The van der Waals surface area contributed by atoms with Crippen LogP contribution in [-0.2, 0) is 15.6 Å². The summed E-state index contributed by atoms with van der Waals surface area (Å²) in [7, 11) is -1.32. The van der Waals surface area contributed by atoms with Gasteiger partial charge in [0.25, 0.3) is 5.91 Å². The quantitative estimate of drug-likeness (QED) is 0.658. The molecule has 0 bridgehead atoms. The standard InChI is InChI=1S/C21H19NO4S/c23-20(18-12-6-8-15-7-4-5-11-17(15)18)22-19(21(24)25)13-14-27(26)16-9-2-1-3-10-16/h1-12,19H,13-14H2,(H,22,23)(H,24,25)/t19-,27-/m1/s1. The van der Waals surface area contributed by atoms with Crippen LogP contribution in [0.1, 0.15) is 16.8 Å². The van der Waals surface area contributed by atoms with Gasteiger partial charge in [-0.3, -0.25) is 9.00 Å². The largest absolute Gasteiger partial charge is 0.480 e. The van der Waals surface area contributed by atoms with E-state index in [1.807, 2.05) is 36.4 Å². The summed E-state index contributed by atoms with van der Waals surface area (Å²) in [5.41, 5.74) is 0.420. The maximum absolute atomic E-state index is 12.6. The molecule has 0 fully saturated rings. The van der Waals surface area contributed by atoms with Gasteiger partial charge in [-0.1, -0.05) is 54.6 Å². The van der Waals surface area contributed by atoms with E-state index in [0.29, 0.717) is 10.5 Å². The van der Waals surface area contributed by atoms with Gasteiger partial charge in [0.15, 0.2) is 0 Å². The number of carboxylic acid groups (broad SMARTS) is 1. The lowest BCUT2D eigenvalue weighted by Gasteiger charge is -2.15. The monoisotopic (exact) mass is 381 g/mol. The van der Waals surface area contributed by atoms with Gasteiger partial charge >= 0.3 is 5.97 Å². The molecular formula is C21H19NO4S. The lowest BCUT2D eigenvalue weighted by molar-refractivity contribution is -0.139.